The van der Waals surface area contributed by atoms with Gasteiger partial charge in [0.05, 0.1) is 12.9 Å². The maximum atomic E-state index is 6.15. The minimum absolute atomic E-state index is 0. The van der Waals surface area contributed by atoms with Crippen LogP contribution in [0.2, 0.25) is 0 Å². The second-order valence-electron chi connectivity index (χ2n) is 5.72. The molecule has 0 bridgehead atoms. The van der Waals surface area contributed by atoms with Gasteiger partial charge in [-0.2, -0.15) is 0 Å². The quantitative estimate of drug-likeness (QED) is 0.676. The molecule has 3 rings (SSSR count). The van der Waals surface area contributed by atoms with E-state index in [9.17, 15) is 0 Å². The fraction of sp³-hybridized carbons (Fsp3) is 0.353. The van der Waals surface area contributed by atoms with Crippen LogP contribution in [-0.2, 0) is 6.54 Å². The van der Waals surface area contributed by atoms with Crippen molar-refractivity contribution in [1.82, 2.24) is 9.97 Å². The summed E-state index contributed by atoms with van der Waals surface area (Å²) in [6.07, 6.45) is 4.34. The predicted octanol–water partition coefficient (Wildman–Crippen LogP) is 1.47. The van der Waals surface area contributed by atoms with E-state index >= 15 is 0 Å². The summed E-state index contributed by atoms with van der Waals surface area (Å²) in [4.78, 5) is 17.1. The van der Waals surface area contributed by atoms with Gasteiger partial charge >= 0.3 is 0 Å². The van der Waals surface area contributed by atoms with E-state index in [1.807, 2.05) is 4.90 Å². The van der Waals surface area contributed by atoms with Gasteiger partial charge in [0.1, 0.15) is 12.0 Å². The number of rotatable bonds is 4. The van der Waals surface area contributed by atoms with Crippen LogP contribution in [0.4, 0.5) is 11.5 Å². The van der Waals surface area contributed by atoms with Crippen molar-refractivity contribution in [2.24, 2.45) is 10.7 Å². The second-order valence-corrected chi connectivity index (χ2v) is 5.72. The van der Waals surface area contributed by atoms with Crippen LogP contribution in [0.15, 0.2) is 41.8 Å². The lowest BCUT2D eigenvalue weighted by Crippen LogP contribution is -2.40. The van der Waals surface area contributed by atoms with E-state index < -0.39 is 0 Å². The molecule has 0 amide bonds. The van der Waals surface area contributed by atoms with Crippen molar-refractivity contribution >= 4 is 17.5 Å². The number of benzene rings is 1. The first-order valence-corrected chi connectivity index (χ1v) is 7.87. The number of hydrogen-bond donors (Lipinski definition) is 1. The first kappa shape index (κ1) is 17.7. The molecule has 7 heteroatoms. The molecule has 2 heterocycles. The molecule has 1 aliphatic rings. The third kappa shape index (κ3) is 3.62. The Morgan fingerprint density at radius 1 is 1.29 bits per heavy atom. The molecule has 0 radical (unpaired) electrons. The van der Waals surface area contributed by atoms with Crippen LogP contribution in [0.5, 0.6) is 0 Å². The Morgan fingerprint density at radius 3 is 2.75 bits per heavy atom. The SMILES string of the molecule is CCCN=C(N)N1CN(Cc2ccc(C)cc2)c2ncncc21.O. The maximum Gasteiger partial charge on any atom is 0.197 e. The first-order valence-electron chi connectivity index (χ1n) is 7.87. The maximum absolute atomic E-state index is 6.15. The zero-order valence-electron chi connectivity index (χ0n) is 14.1. The van der Waals surface area contributed by atoms with E-state index in [1.54, 1.807) is 12.5 Å². The standard InChI is InChI=1S/C17H22N6.H2O/c1-3-8-20-17(18)23-12-22(16-15(23)9-19-11-21-16)10-14-6-4-13(2)5-7-14;/h4-7,9,11H,3,8,10,12H2,1-2H3,(H2,18,20);1H2. The van der Waals surface area contributed by atoms with E-state index in [4.69, 9.17) is 5.73 Å². The molecule has 0 unspecified atom stereocenters. The lowest BCUT2D eigenvalue weighted by atomic mass is 10.1. The number of guanidine groups is 1. The summed E-state index contributed by atoms with van der Waals surface area (Å²) in [5.41, 5.74) is 9.56. The van der Waals surface area contributed by atoms with Gasteiger partial charge in [0.25, 0.3) is 0 Å². The molecule has 0 atom stereocenters. The van der Waals surface area contributed by atoms with Gasteiger partial charge in [0.2, 0.25) is 0 Å². The Bertz CT molecular complexity index is 700. The fourth-order valence-corrected chi connectivity index (χ4v) is 2.61. The van der Waals surface area contributed by atoms with E-state index in [1.165, 1.54) is 11.1 Å². The molecule has 0 saturated heterocycles. The molecule has 2 aromatic rings. The van der Waals surface area contributed by atoms with Crippen molar-refractivity contribution in [3.05, 3.63) is 47.9 Å². The molecule has 0 spiro atoms. The molecule has 0 fully saturated rings. The van der Waals surface area contributed by atoms with Crippen LogP contribution in [0.25, 0.3) is 0 Å². The summed E-state index contributed by atoms with van der Waals surface area (Å²) in [6, 6.07) is 8.54. The highest BCUT2D eigenvalue weighted by molar-refractivity contribution is 5.99. The lowest BCUT2D eigenvalue weighted by Gasteiger charge is -2.20. The second kappa shape index (κ2) is 7.74. The first-order chi connectivity index (χ1) is 11.2. The van der Waals surface area contributed by atoms with Gasteiger partial charge < -0.3 is 16.1 Å². The van der Waals surface area contributed by atoms with Crippen molar-refractivity contribution in [2.45, 2.75) is 26.8 Å². The largest absolute Gasteiger partial charge is 0.412 e. The Labute approximate surface area is 142 Å². The molecule has 1 aromatic carbocycles. The third-order valence-corrected chi connectivity index (χ3v) is 3.84. The number of fused-ring (bicyclic) bond motifs is 1. The zero-order valence-corrected chi connectivity index (χ0v) is 14.1. The number of nitrogens with zero attached hydrogens (tertiary/aromatic N) is 5. The Balaban J connectivity index is 0.00000208. The van der Waals surface area contributed by atoms with Gasteiger partial charge in [-0.15, -0.1) is 0 Å². The summed E-state index contributed by atoms with van der Waals surface area (Å²) in [5, 5.41) is 0. The van der Waals surface area contributed by atoms with Gasteiger partial charge in [0.15, 0.2) is 11.8 Å². The lowest BCUT2D eigenvalue weighted by molar-refractivity contribution is 0.822. The van der Waals surface area contributed by atoms with Crippen molar-refractivity contribution in [3.8, 4) is 0 Å². The van der Waals surface area contributed by atoms with E-state index in [0.29, 0.717) is 12.6 Å². The summed E-state index contributed by atoms with van der Waals surface area (Å²) in [5.74, 6) is 1.42. The molecule has 4 N–H and O–H groups in total. The number of aryl methyl sites for hydroxylation is 1. The Hall–Kier alpha value is -2.67. The highest BCUT2D eigenvalue weighted by Gasteiger charge is 2.29. The van der Waals surface area contributed by atoms with E-state index in [0.717, 1.165) is 31.0 Å². The van der Waals surface area contributed by atoms with Gasteiger partial charge in [0, 0.05) is 13.1 Å². The normalized spacial score (nSPS) is 13.7. The third-order valence-electron chi connectivity index (χ3n) is 3.84. The zero-order chi connectivity index (χ0) is 16.2. The molecule has 0 aliphatic carbocycles. The smallest absolute Gasteiger partial charge is 0.197 e. The number of aliphatic imine (C=N–C) groups is 1. The molecule has 0 saturated carbocycles. The average Bonchev–Trinajstić information content (AvgIpc) is 2.94. The fourth-order valence-electron chi connectivity index (χ4n) is 2.61. The van der Waals surface area contributed by atoms with Gasteiger partial charge in [-0.25, -0.2) is 9.97 Å². The summed E-state index contributed by atoms with van der Waals surface area (Å²) >= 11 is 0. The van der Waals surface area contributed by atoms with Crippen LogP contribution in [0.1, 0.15) is 24.5 Å². The van der Waals surface area contributed by atoms with Crippen molar-refractivity contribution in [2.75, 3.05) is 23.0 Å². The topological polar surface area (TPSA) is 102 Å². The number of anilines is 2. The molecular weight excluding hydrogens is 304 g/mol. The number of aromatic nitrogens is 2. The molecular formula is C17H24N6O. The van der Waals surface area contributed by atoms with Crippen molar-refractivity contribution in [1.29, 1.82) is 0 Å². The molecule has 24 heavy (non-hydrogen) atoms. The summed E-state index contributed by atoms with van der Waals surface area (Å²) < 4.78 is 0. The van der Waals surface area contributed by atoms with Crippen LogP contribution in [-0.4, -0.2) is 34.6 Å². The monoisotopic (exact) mass is 328 g/mol. The highest BCUT2D eigenvalue weighted by Crippen LogP contribution is 2.33. The minimum Gasteiger partial charge on any atom is -0.412 e. The van der Waals surface area contributed by atoms with Gasteiger partial charge in [-0.3, -0.25) is 9.89 Å². The molecule has 1 aliphatic heterocycles. The Morgan fingerprint density at radius 2 is 2.04 bits per heavy atom. The number of nitrogens with two attached hydrogens (primary N) is 1. The van der Waals surface area contributed by atoms with Crippen molar-refractivity contribution < 1.29 is 5.48 Å². The van der Waals surface area contributed by atoms with Crippen molar-refractivity contribution in [3.63, 3.8) is 0 Å². The van der Waals surface area contributed by atoms with Crippen LogP contribution < -0.4 is 15.5 Å². The number of hydrogen-bond acceptors (Lipinski definition) is 4. The van der Waals surface area contributed by atoms with Gasteiger partial charge in [-0.05, 0) is 18.9 Å². The molecule has 1 aromatic heterocycles. The minimum atomic E-state index is 0. The van der Waals surface area contributed by atoms with Crippen LogP contribution in [0.3, 0.4) is 0 Å². The summed E-state index contributed by atoms with van der Waals surface area (Å²) in [7, 11) is 0. The van der Waals surface area contributed by atoms with E-state index in [-0.39, 0.29) is 5.48 Å². The molecule has 7 nitrogen and oxygen atoms in total. The highest BCUT2D eigenvalue weighted by atomic mass is 16.0. The van der Waals surface area contributed by atoms with Crippen LogP contribution in [0, 0.1) is 6.92 Å². The average molecular weight is 328 g/mol. The van der Waals surface area contributed by atoms with Gasteiger partial charge in [-0.1, -0.05) is 36.8 Å². The van der Waals surface area contributed by atoms with E-state index in [2.05, 4.69) is 58.0 Å². The summed E-state index contributed by atoms with van der Waals surface area (Å²) in [6.45, 7) is 6.32. The Kier molecular flexibility index (Phi) is 5.70. The van der Waals surface area contributed by atoms with Crippen LogP contribution >= 0.6 is 0 Å². The molecule has 128 valence electrons. The predicted molar refractivity (Wildman–Crippen MR) is 97.1 cm³/mol.